The molecule has 0 spiro atoms. The summed E-state index contributed by atoms with van der Waals surface area (Å²) in [6.07, 6.45) is -9.16. The van der Waals surface area contributed by atoms with Crippen molar-refractivity contribution in [2.45, 2.75) is 45.1 Å². The molecule has 2 aliphatic rings. The summed E-state index contributed by atoms with van der Waals surface area (Å²) >= 11 is 0. The summed E-state index contributed by atoms with van der Waals surface area (Å²) in [5.41, 5.74) is -0.329. The zero-order chi connectivity index (χ0) is 23.3. The third-order valence-corrected chi connectivity index (χ3v) is 5.82. The van der Waals surface area contributed by atoms with Crippen LogP contribution in [0.1, 0.15) is 32.3 Å². The highest BCUT2D eigenvalue weighted by molar-refractivity contribution is 5.95. The van der Waals surface area contributed by atoms with E-state index < -0.39 is 59.3 Å². The van der Waals surface area contributed by atoms with Gasteiger partial charge in [0.2, 0.25) is 5.91 Å². The maximum absolute atomic E-state index is 13.5. The second-order valence-corrected chi connectivity index (χ2v) is 7.95. The van der Waals surface area contributed by atoms with Crippen LogP contribution in [0.25, 0.3) is 0 Å². The molecule has 2 aliphatic carbocycles. The van der Waals surface area contributed by atoms with Crippen molar-refractivity contribution in [1.82, 2.24) is 5.32 Å². The van der Waals surface area contributed by atoms with Gasteiger partial charge in [0.1, 0.15) is 5.82 Å². The van der Waals surface area contributed by atoms with Crippen LogP contribution >= 0.6 is 0 Å². The molecule has 0 unspecified atom stereocenters. The summed E-state index contributed by atoms with van der Waals surface area (Å²) in [6.45, 7) is 3.50. The lowest BCUT2D eigenvalue weighted by molar-refractivity contribution is -0.175. The van der Waals surface area contributed by atoms with Gasteiger partial charge in [0.05, 0.1) is 11.5 Å². The van der Waals surface area contributed by atoms with Gasteiger partial charge in [-0.3, -0.25) is 9.59 Å². The maximum atomic E-state index is 13.5. The van der Waals surface area contributed by atoms with Crippen LogP contribution < -0.4 is 10.6 Å². The van der Waals surface area contributed by atoms with E-state index in [9.17, 15) is 40.3 Å². The van der Waals surface area contributed by atoms with Crippen LogP contribution in [-0.2, 0) is 15.8 Å². The lowest BCUT2D eigenvalue weighted by atomic mass is 9.83. The predicted octanol–water partition coefficient (Wildman–Crippen LogP) is 4.82. The largest absolute Gasteiger partial charge is 0.471 e. The average Bonchev–Trinajstić information content (AvgIpc) is 3.18. The Kier molecular flexibility index (Phi) is 5.83. The molecular formula is C20H19F7N2O2. The minimum Gasteiger partial charge on any atom is -0.344 e. The van der Waals surface area contributed by atoms with E-state index >= 15 is 0 Å². The fourth-order valence-electron chi connectivity index (χ4n) is 4.75. The fraction of sp³-hybridized carbons (Fsp3) is 0.500. The van der Waals surface area contributed by atoms with Crippen molar-refractivity contribution in [3.05, 3.63) is 40.7 Å². The smallest absolute Gasteiger partial charge is 0.344 e. The molecule has 2 fully saturated rings. The minimum atomic E-state index is -5.15. The second kappa shape index (κ2) is 7.83. The molecule has 31 heavy (non-hydrogen) atoms. The Bertz CT molecular complexity index is 932. The zero-order valence-corrected chi connectivity index (χ0v) is 16.4. The Balaban J connectivity index is 1.91. The van der Waals surface area contributed by atoms with Crippen LogP contribution in [0.2, 0.25) is 0 Å². The molecular weight excluding hydrogens is 433 g/mol. The Morgan fingerprint density at radius 3 is 2.16 bits per heavy atom. The van der Waals surface area contributed by atoms with Crippen LogP contribution in [0, 0.1) is 23.6 Å². The first kappa shape index (κ1) is 23.1. The summed E-state index contributed by atoms with van der Waals surface area (Å²) in [7, 11) is 0. The first-order valence-corrected chi connectivity index (χ1v) is 9.44. The lowest BCUT2D eigenvalue weighted by Crippen LogP contribution is -2.51. The van der Waals surface area contributed by atoms with Crippen molar-refractivity contribution in [3.63, 3.8) is 0 Å². The molecule has 11 heteroatoms. The summed E-state index contributed by atoms with van der Waals surface area (Å²) in [6, 6.07) is 0.746. The quantitative estimate of drug-likeness (QED) is 0.510. The average molecular weight is 452 g/mol. The number of carbonyl (C=O) groups excluding carboxylic acids is 2. The van der Waals surface area contributed by atoms with E-state index in [0.29, 0.717) is 25.0 Å². The molecule has 0 heterocycles. The monoisotopic (exact) mass is 452 g/mol. The number of allylic oxidation sites excluding steroid dienone is 1. The van der Waals surface area contributed by atoms with Gasteiger partial charge in [-0.15, -0.1) is 0 Å². The van der Waals surface area contributed by atoms with E-state index in [0.717, 1.165) is 17.2 Å². The van der Waals surface area contributed by atoms with Crippen molar-refractivity contribution in [3.8, 4) is 0 Å². The molecule has 0 radical (unpaired) electrons. The van der Waals surface area contributed by atoms with E-state index in [2.05, 4.69) is 5.32 Å². The number of fused-ring (bicyclic) bond motifs is 2. The van der Waals surface area contributed by atoms with Gasteiger partial charge >= 0.3 is 18.3 Å². The molecule has 1 aromatic carbocycles. The van der Waals surface area contributed by atoms with Gasteiger partial charge < -0.3 is 10.6 Å². The number of amides is 2. The molecule has 170 valence electrons. The topological polar surface area (TPSA) is 58.2 Å². The molecule has 0 saturated heterocycles. The zero-order valence-electron chi connectivity index (χ0n) is 16.4. The van der Waals surface area contributed by atoms with Crippen molar-refractivity contribution < 1.29 is 40.3 Å². The number of carbonyl (C=O) groups is 2. The normalized spacial score (nSPS) is 25.5. The van der Waals surface area contributed by atoms with E-state index in [1.165, 1.54) is 0 Å². The Hall–Kier alpha value is -2.59. The minimum absolute atomic E-state index is 0.346. The number of rotatable bonds is 3. The summed E-state index contributed by atoms with van der Waals surface area (Å²) < 4.78 is 90.7. The van der Waals surface area contributed by atoms with Gasteiger partial charge in [-0.05, 0) is 50.8 Å². The van der Waals surface area contributed by atoms with Gasteiger partial charge in [-0.1, -0.05) is 11.1 Å². The molecule has 4 nitrogen and oxygen atoms in total. The summed E-state index contributed by atoms with van der Waals surface area (Å²) in [5, 5.41) is 4.15. The highest BCUT2D eigenvalue weighted by Crippen LogP contribution is 2.54. The van der Waals surface area contributed by atoms with Crippen molar-refractivity contribution in [1.29, 1.82) is 0 Å². The van der Waals surface area contributed by atoms with Gasteiger partial charge in [0.15, 0.2) is 0 Å². The molecule has 2 saturated carbocycles. The number of benzene rings is 1. The van der Waals surface area contributed by atoms with Crippen LogP contribution in [-0.4, -0.2) is 24.0 Å². The number of nitrogens with one attached hydrogen (secondary N) is 2. The predicted molar refractivity (Wildman–Crippen MR) is 96.1 cm³/mol. The first-order chi connectivity index (χ1) is 14.2. The number of hydrogen-bond donors (Lipinski definition) is 2. The van der Waals surface area contributed by atoms with Crippen LogP contribution in [0.3, 0.4) is 0 Å². The van der Waals surface area contributed by atoms with Gasteiger partial charge in [0.25, 0.3) is 0 Å². The van der Waals surface area contributed by atoms with Gasteiger partial charge in [-0.2, -0.15) is 26.3 Å². The van der Waals surface area contributed by atoms with Crippen molar-refractivity contribution in [2.24, 2.45) is 17.8 Å². The standard InChI is InChI=1S/C20H19F7N2O2/c1-8(2)14-10-4-5-11(14)16(29-18(31)20(25,26)27)15(10)17(30)28-9-3-6-13(21)12(7-9)19(22,23)24/h3,6-7,10-11,15-16H,4-5H2,1-2H3,(H,28,30)(H,29,31)/t10-,11+,15-,16+/m0/s1. The molecule has 0 aromatic heterocycles. The second-order valence-electron chi connectivity index (χ2n) is 7.95. The molecule has 3 rings (SSSR count). The van der Waals surface area contributed by atoms with Crippen LogP contribution in [0.15, 0.2) is 29.3 Å². The molecule has 0 aliphatic heterocycles. The Morgan fingerprint density at radius 1 is 1.00 bits per heavy atom. The number of hydrogen-bond acceptors (Lipinski definition) is 2. The van der Waals surface area contributed by atoms with E-state index in [1.807, 2.05) is 5.32 Å². The molecule has 2 amide bonds. The molecule has 2 N–H and O–H groups in total. The summed E-state index contributed by atoms with van der Waals surface area (Å²) in [5.74, 6) is -6.57. The maximum Gasteiger partial charge on any atom is 0.471 e. The van der Waals surface area contributed by atoms with Crippen molar-refractivity contribution in [2.75, 3.05) is 5.32 Å². The molecule has 2 bridgehead atoms. The Morgan fingerprint density at radius 2 is 1.61 bits per heavy atom. The van der Waals surface area contributed by atoms with E-state index in [4.69, 9.17) is 0 Å². The summed E-state index contributed by atoms with van der Waals surface area (Å²) in [4.78, 5) is 24.5. The van der Waals surface area contributed by atoms with Gasteiger partial charge in [-0.25, -0.2) is 4.39 Å². The number of alkyl halides is 6. The van der Waals surface area contributed by atoms with E-state index in [1.54, 1.807) is 13.8 Å². The first-order valence-electron chi connectivity index (χ1n) is 9.44. The molecule has 1 aromatic rings. The Labute approximate surface area is 172 Å². The van der Waals surface area contributed by atoms with Crippen molar-refractivity contribution >= 4 is 17.5 Å². The SMILES string of the molecule is CC(C)=C1[C@H]2CC[C@@H]1[C@H](C(=O)Nc1ccc(F)c(C(F)(F)F)c1)[C@@H]2NC(=O)C(F)(F)F. The lowest BCUT2D eigenvalue weighted by Gasteiger charge is -2.30. The number of halogens is 7. The van der Waals surface area contributed by atoms with Crippen LogP contribution in [0.4, 0.5) is 36.4 Å². The highest BCUT2D eigenvalue weighted by atomic mass is 19.4. The third kappa shape index (κ3) is 4.40. The molecule has 4 atom stereocenters. The fourth-order valence-corrected chi connectivity index (χ4v) is 4.75. The van der Waals surface area contributed by atoms with Crippen LogP contribution in [0.5, 0.6) is 0 Å². The van der Waals surface area contributed by atoms with Gasteiger partial charge in [0, 0.05) is 17.6 Å². The van der Waals surface area contributed by atoms with E-state index in [-0.39, 0.29) is 5.69 Å². The third-order valence-electron chi connectivity index (χ3n) is 5.82. The number of anilines is 1. The highest BCUT2D eigenvalue weighted by Gasteiger charge is 2.56.